The SMILES string of the molecule is CC(C)[C@H](O)C(=O)N1CC[C@@H](C(=O)Nc2ccc(-c3ccc(-c4cnc([C@@H]5CCCN5C(=O)[C@@H](O)C(C)C)[nH]4)cc3)cc2)C1. The number of nitrogens with zero attached hydrogens (tertiary/aromatic N) is 3. The lowest BCUT2D eigenvalue weighted by Gasteiger charge is -2.27. The summed E-state index contributed by atoms with van der Waals surface area (Å²) < 4.78 is 0. The molecule has 3 aromatic rings. The molecule has 0 radical (unpaired) electrons. The summed E-state index contributed by atoms with van der Waals surface area (Å²) in [6.07, 6.45) is 1.98. The normalized spacial score (nSPS) is 19.9. The minimum absolute atomic E-state index is 0.128. The largest absolute Gasteiger partial charge is 0.383 e. The van der Waals surface area contributed by atoms with Crippen LogP contribution in [0.3, 0.4) is 0 Å². The number of nitrogens with one attached hydrogen (secondary N) is 2. The average Bonchev–Trinajstić information content (AvgIpc) is 3.81. The van der Waals surface area contributed by atoms with Gasteiger partial charge in [-0.25, -0.2) is 4.98 Å². The fraction of sp³-hybridized carbons (Fsp3) is 0.471. The van der Waals surface area contributed by atoms with Gasteiger partial charge in [-0.05, 0) is 59.9 Å². The first-order chi connectivity index (χ1) is 21.0. The highest BCUT2D eigenvalue weighted by Gasteiger charge is 2.36. The van der Waals surface area contributed by atoms with Crippen LogP contribution in [0.25, 0.3) is 22.4 Å². The Morgan fingerprint density at radius 2 is 1.43 bits per heavy atom. The summed E-state index contributed by atoms with van der Waals surface area (Å²) >= 11 is 0. The van der Waals surface area contributed by atoms with Crippen molar-refractivity contribution in [2.75, 3.05) is 25.0 Å². The maximum absolute atomic E-state index is 12.9. The number of hydrogen-bond acceptors (Lipinski definition) is 6. The summed E-state index contributed by atoms with van der Waals surface area (Å²) in [5.41, 5.74) is 4.55. The highest BCUT2D eigenvalue weighted by atomic mass is 16.3. The van der Waals surface area contributed by atoms with Crippen molar-refractivity contribution in [2.24, 2.45) is 17.8 Å². The van der Waals surface area contributed by atoms with Crippen LogP contribution in [0.1, 0.15) is 58.8 Å². The van der Waals surface area contributed by atoms with Gasteiger partial charge in [0, 0.05) is 25.3 Å². The van der Waals surface area contributed by atoms with Gasteiger partial charge in [0.15, 0.2) is 0 Å². The molecule has 2 saturated heterocycles. The van der Waals surface area contributed by atoms with E-state index in [9.17, 15) is 24.6 Å². The van der Waals surface area contributed by atoms with Gasteiger partial charge >= 0.3 is 0 Å². The lowest BCUT2D eigenvalue weighted by molar-refractivity contribution is -0.143. The minimum Gasteiger partial charge on any atom is -0.383 e. The van der Waals surface area contributed by atoms with Gasteiger partial charge in [0.1, 0.15) is 18.0 Å². The number of anilines is 1. The third-order valence-corrected chi connectivity index (χ3v) is 8.77. The Labute approximate surface area is 258 Å². The number of hydrogen-bond donors (Lipinski definition) is 4. The zero-order valence-corrected chi connectivity index (χ0v) is 25.9. The topological polar surface area (TPSA) is 139 Å². The van der Waals surface area contributed by atoms with Crippen LogP contribution in [0.15, 0.2) is 54.7 Å². The van der Waals surface area contributed by atoms with Crippen LogP contribution in [0, 0.1) is 17.8 Å². The van der Waals surface area contributed by atoms with E-state index < -0.39 is 12.2 Å². The Hall–Kier alpha value is -4.02. The molecule has 1 aromatic heterocycles. The molecule has 3 heterocycles. The second-order valence-electron chi connectivity index (χ2n) is 12.7. The monoisotopic (exact) mass is 601 g/mol. The number of imidazole rings is 1. The standard InChI is InChI=1S/C34H43N5O5/c1-20(2)29(40)33(43)38-17-15-25(19-38)32(42)36-26-13-11-23(12-14-26)22-7-9-24(10-8-22)27-18-35-31(37-27)28-6-5-16-39(28)34(44)30(41)21(3)4/h7-14,18,20-21,25,28-30,40-41H,5-6,15-17,19H2,1-4H3,(H,35,37)(H,36,42)/t25-,28+,29+,30+/m1/s1. The predicted molar refractivity (Wildman–Crippen MR) is 168 cm³/mol. The molecule has 10 heteroatoms. The number of amides is 3. The summed E-state index contributed by atoms with van der Waals surface area (Å²) in [4.78, 5) is 49.4. The van der Waals surface area contributed by atoms with E-state index in [4.69, 9.17) is 0 Å². The van der Waals surface area contributed by atoms with Crippen molar-refractivity contribution in [1.29, 1.82) is 0 Å². The predicted octanol–water partition coefficient (Wildman–Crippen LogP) is 4.23. The minimum atomic E-state index is -1.04. The fourth-order valence-electron chi connectivity index (χ4n) is 5.90. The van der Waals surface area contributed by atoms with Crippen LogP contribution in [-0.4, -0.2) is 79.5 Å². The second-order valence-corrected chi connectivity index (χ2v) is 12.7. The van der Waals surface area contributed by atoms with Gasteiger partial charge in [-0.1, -0.05) is 64.1 Å². The molecule has 4 N–H and O–H groups in total. The summed E-state index contributed by atoms with van der Waals surface area (Å²) in [5, 5.41) is 23.4. The molecule has 4 atom stereocenters. The molecule has 44 heavy (non-hydrogen) atoms. The van der Waals surface area contributed by atoms with Gasteiger partial charge in [0.05, 0.1) is 23.9 Å². The molecule has 0 spiro atoms. The molecular formula is C34H43N5O5. The summed E-state index contributed by atoms with van der Waals surface area (Å²) in [7, 11) is 0. The third-order valence-electron chi connectivity index (χ3n) is 8.77. The molecule has 5 rings (SSSR count). The molecule has 2 fully saturated rings. The third kappa shape index (κ3) is 6.71. The number of H-pyrrole nitrogens is 1. The molecule has 0 saturated carbocycles. The van der Waals surface area contributed by atoms with Crippen molar-refractivity contribution in [2.45, 2.75) is 65.2 Å². The maximum atomic E-state index is 12.9. The lowest BCUT2D eigenvalue weighted by atomic mass is 10.0. The van der Waals surface area contributed by atoms with Crippen molar-refractivity contribution in [3.63, 3.8) is 0 Å². The Kier molecular flexibility index (Phi) is 9.51. The highest BCUT2D eigenvalue weighted by Crippen LogP contribution is 2.33. The van der Waals surface area contributed by atoms with Crippen LogP contribution < -0.4 is 5.32 Å². The number of rotatable bonds is 9. The van der Waals surface area contributed by atoms with Crippen molar-refractivity contribution in [3.05, 3.63) is 60.6 Å². The zero-order chi connectivity index (χ0) is 31.5. The molecule has 10 nitrogen and oxygen atoms in total. The Bertz CT molecular complexity index is 1470. The van der Waals surface area contributed by atoms with E-state index in [2.05, 4.69) is 15.3 Å². The van der Waals surface area contributed by atoms with Crippen LogP contribution in [0.5, 0.6) is 0 Å². The van der Waals surface area contributed by atoms with E-state index in [0.29, 0.717) is 31.7 Å². The van der Waals surface area contributed by atoms with E-state index in [1.54, 1.807) is 29.8 Å². The van der Waals surface area contributed by atoms with Gasteiger partial charge in [-0.15, -0.1) is 0 Å². The Morgan fingerprint density at radius 3 is 2.07 bits per heavy atom. The molecule has 2 aromatic carbocycles. The van der Waals surface area contributed by atoms with E-state index >= 15 is 0 Å². The number of aliphatic hydroxyl groups is 2. The molecular weight excluding hydrogens is 558 g/mol. The van der Waals surface area contributed by atoms with Crippen LogP contribution in [-0.2, 0) is 14.4 Å². The molecule has 2 aliphatic rings. The number of aromatic amines is 1. The first-order valence-corrected chi connectivity index (χ1v) is 15.6. The van der Waals surface area contributed by atoms with Crippen molar-refractivity contribution in [3.8, 4) is 22.4 Å². The summed E-state index contributed by atoms with van der Waals surface area (Å²) in [6.45, 7) is 8.68. The second kappa shape index (κ2) is 13.3. The van der Waals surface area contributed by atoms with E-state index in [1.807, 2.05) is 62.4 Å². The average molecular weight is 602 g/mol. The number of carbonyl (C=O) groups is 3. The summed E-state index contributed by atoms with van der Waals surface area (Å²) in [6, 6.07) is 15.6. The smallest absolute Gasteiger partial charge is 0.252 e. The zero-order valence-electron chi connectivity index (χ0n) is 25.9. The van der Waals surface area contributed by atoms with Gasteiger partial charge in [-0.3, -0.25) is 14.4 Å². The molecule has 0 aliphatic carbocycles. The van der Waals surface area contributed by atoms with Crippen molar-refractivity contribution < 1.29 is 24.6 Å². The van der Waals surface area contributed by atoms with Crippen molar-refractivity contribution >= 4 is 23.4 Å². The first kappa shape index (κ1) is 31.4. The first-order valence-electron chi connectivity index (χ1n) is 15.6. The molecule has 2 aliphatic heterocycles. The number of likely N-dealkylation sites (tertiary alicyclic amines) is 2. The quantitative estimate of drug-likeness (QED) is 0.290. The van der Waals surface area contributed by atoms with Gasteiger partial charge in [0.25, 0.3) is 11.8 Å². The number of carbonyl (C=O) groups excluding carboxylic acids is 3. The molecule has 0 bridgehead atoms. The number of benzene rings is 2. The molecule has 234 valence electrons. The van der Waals surface area contributed by atoms with Crippen LogP contribution in [0.4, 0.5) is 5.69 Å². The maximum Gasteiger partial charge on any atom is 0.252 e. The fourth-order valence-corrected chi connectivity index (χ4v) is 5.90. The lowest BCUT2D eigenvalue weighted by Crippen LogP contribution is -2.41. The van der Waals surface area contributed by atoms with Gasteiger partial charge in [-0.2, -0.15) is 0 Å². The van der Waals surface area contributed by atoms with Crippen LogP contribution >= 0.6 is 0 Å². The van der Waals surface area contributed by atoms with Gasteiger partial charge < -0.3 is 30.3 Å². The number of aromatic nitrogens is 2. The van der Waals surface area contributed by atoms with E-state index in [-0.39, 0.29) is 41.5 Å². The van der Waals surface area contributed by atoms with Crippen molar-refractivity contribution in [1.82, 2.24) is 19.8 Å². The van der Waals surface area contributed by atoms with Gasteiger partial charge in [0.2, 0.25) is 5.91 Å². The van der Waals surface area contributed by atoms with E-state index in [0.717, 1.165) is 41.1 Å². The molecule has 0 unspecified atom stereocenters. The van der Waals surface area contributed by atoms with Crippen LogP contribution in [0.2, 0.25) is 0 Å². The van der Waals surface area contributed by atoms with E-state index in [1.165, 1.54) is 0 Å². The molecule has 3 amide bonds. The Morgan fingerprint density at radius 1 is 0.841 bits per heavy atom. The summed E-state index contributed by atoms with van der Waals surface area (Å²) in [5.74, 6) is -0.567. The Balaban J connectivity index is 1.18. The number of aliphatic hydroxyl groups excluding tert-OH is 2. The highest BCUT2D eigenvalue weighted by molar-refractivity contribution is 5.94.